The Hall–Kier alpha value is -2.36. The van der Waals surface area contributed by atoms with E-state index in [0.717, 1.165) is 16.9 Å². The molecular formula is C15H16N2O2. The predicted molar refractivity (Wildman–Crippen MR) is 74.2 cm³/mol. The maximum atomic E-state index is 12.2. The van der Waals surface area contributed by atoms with Crippen LogP contribution in [0.5, 0.6) is 5.75 Å². The third-order valence-corrected chi connectivity index (χ3v) is 3.05. The number of anilines is 1. The fraction of sp³-hybridized carbons (Fsp3) is 0.200. The van der Waals surface area contributed by atoms with E-state index in [1.54, 1.807) is 42.4 Å². The number of aromatic hydroxyl groups is 1. The summed E-state index contributed by atoms with van der Waals surface area (Å²) >= 11 is 0. The van der Waals surface area contributed by atoms with E-state index in [0.29, 0.717) is 0 Å². The standard InChI is InChI=1S/C15H16N2O2/c1-11-4-3-9-16-14(11)10-15(19)17(2)12-5-7-13(18)8-6-12/h3-9,18H,10H2,1-2H3. The Morgan fingerprint density at radius 1 is 1.26 bits per heavy atom. The van der Waals surface area contributed by atoms with Crippen LogP contribution < -0.4 is 4.90 Å². The Labute approximate surface area is 112 Å². The number of hydrogen-bond acceptors (Lipinski definition) is 3. The van der Waals surface area contributed by atoms with Crippen molar-refractivity contribution in [2.45, 2.75) is 13.3 Å². The van der Waals surface area contributed by atoms with Gasteiger partial charge in [0.05, 0.1) is 12.1 Å². The van der Waals surface area contributed by atoms with Gasteiger partial charge in [-0.25, -0.2) is 0 Å². The van der Waals surface area contributed by atoms with Crippen molar-refractivity contribution in [3.8, 4) is 5.75 Å². The summed E-state index contributed by atoms with van der Waals surface area (Å²) in [6, 6.07) is 10.3. The molecule has 98 valence electrons. The van der Waals surface area contributed by atoms with E-state index < -0.39 is 0 Å². The van der Waals surface area contributed by atoms with Gasteiger partial charge in [-0.1, -0.05) is 6.07 Å². The predicted octanol–water partition coefficient (Wildman–Crippen LogP) is 2.30. The molecule has 1 N–H and O–H groups in total. The van der Waals surface area contributed by atoms with E-state index in [2.05, 4.69) is 4.98 Å². The Kier molecular flexibility index (Phi) is 3.80. The Morgan fingerprint density at radius 3 is 2.58 bits per heavy atom. The molecule has 1 aromatic carbocycles. The van der Waals surface area contributed by atoms with Gasteiger partial charge < -0.3 is 10.0 Å². The highest BCUT2D eigenvalue weighted by molar-refractivity contribution is 5.94. The lowest BCUT2D eigenvalue weighted by molar-refractivity contribution is -0.117. The summed E-state index contributed by atoms with van der Waals surface area (Å²) in [6.07, 6.45) is 1.96. The number of aryl methyl sites for hydroxylation is 1. The Bertz CT molecular complexity index is 579. The minimum Gasteiger partial charge on any atom is -0.508 e. The van der Waals surface area contributed by atoms with Crippen molar-refractivity contribution in [2.75, 3.05) is 11.9 Å². The molecule has 0 radical (unpaired) electrons. The van der Waals surface area contributed by atoms with Gasteiger partial charge in [-0.2, -0.15) is 0 Å². The largest absolute Gasteiger partial charge is 0.508 e. The summed E-state index contributed by atoms with van der Waals surface area (Å²) < 4.78 is 0. The first-order valence-corrected chi connectivity index (χ1v) is 6.04. The number of carbonyl (C=O) groups is 1. The number of likely N-dealkylation sites (N-methyl/N-ethyl adjacent to an activating group) is 1. The molecule has 0 aliphatic carbocycles. The van der Waals surface area contributed by atoms with Gasteiger partial charge in [-0.05, 0) is 42.8 Å². The van der Waals surface area contributed by atoms with Crippen molar-refractivity contribution in [2.24, 2.45) is 0 Å². The molecule has 0 saturated carbocycles. The molecule has 1 aromatic heterocycles. The molecule has 0 aliphatic rings. The summed E-state index contributed by atoms with van der Waals surface area (Å²) in [5.41, 5.74) is 2.55. The number of nitrogens with zero attached hydrogens (tertiary/aromatic N) is 2. The summed E-state index contributed by atoms with van der Waals surface area (Å²) in [4.78, 5) is 18.0. The monoisotopic (exact) mass is 256 g/mol. The van der Waals surface area contributed by atoms with Crippen molar-refractivity contribution in [3.05, 3.63) is 53.9 Å². The second-order valence-corrected chi connectivity index (χ2v) is 4.41. The minimum absolute atomic E-state index is 0.0347. The van der Waals surface area contributed by atoms with Gasteiger partial charge in [0.2, 0.25) is 5.91 Å². The molecule has 19 heavy (non-hydrogen) atoms. The molecule has 0 atom stereocenters. The molecule has 0 fully saturated rings. The van der Waals surface area contributed by atoms with Crippen molar-refractivity contribution in [1.82, 2.24) is 4.98 Å². The molecule has 0 spiro atoms. The summed E-state index contributed by atoms with van der Waals surface area (Å²) in [7, 11) is 1.72. The number of phenolic OH excluding ortho intramolecular Hbond substituents is 1. The van der Waals surface area contributed by atoms with E-state index in [-0.39, 0.29) is 18.1 Å². The summed E-state index contributed by atoms with van der Waals surface area (Å²) in [6.45, 7) is 1.94. The summed E-state index contributed by atoms with van der Waals surface area (Å²) in [5, 5.41) is 9.24. The number of amides is 1. The highest BCUT2D eigenvalue weighted by atomic mass is 16.3. The van der Waals surface area contributed by atoms with Crippen molar-refractivity contribution >= 4 is 11.6 Å². The van der Waals surface area contributed by atoms with Crippen molar-refractivity contribution in [3.63, 3.8) is 0 Å². The normalized spacial score (nSPS) is 10.2. The van der Waals surface area contributed by atoms with Crippen LogP contribution in [0.15, 0.2) is 42.6 Å². The van der Waals surface area contributed by atoms with Gasteiger partial charge in [-0.3, -0.25) is 9.78 Å². The second kappa shape index (κ2) is 5.52. The SMILES string of the molecule is Cc1cccnc1CC(=O)N(C)c1ccc(O)cc1. The average Bonchev–Trinajstić information content (AvgIpc) is 2.41. The lowest BCUT2D eigenvalue weighted by Crippen LogP contribution is -2.28. The molecule has 4 nitrogen and oxygen atoms in total. The lowest BCUT2D eigenvalue weighted by Gasteiger charge is -2.17. The Morgan fingerprint density at radius 2 is 1.95 bits per heavy atom. The molecule has 2 rings (SSSR count). The zero-order chi connectivity index (χ0) is 13.8. The van der Waals surface area contributed by atoms with Crippen LogP contribution in [-0.4, -0.2) is 23.0 Å². The van der Waals surface area contributed by atoms with Crippen LogP contribution in [0.4, 0.5) is 5.69 Å². The molecule has 1 heterocycles. The molecule has 2 aromatic rings. The van der Waals surface area contributed by atoms with E-state index in [1.807, 2.05) is 19.1 Å². The van der Waals surface area contributed by atoms with E-state index in [9.17, 15) is 9.90 Å². The van der Waals surface area contributed by atoms with E-state index >= 15 is 0 Å². The lowest BCUT2D eigenvalue weighted by atomic mass is 10.1. The molecule has 0 unspecified atom stereocenters. The first-order chi connectivity index (χ1) is 9.08. The topological polar surface area (TPSA) is 53.4 Å². The molecule has 0 bridgehead atoms. The number of aromatic nitrogens is 1. The highest BCUT2D eigenvalue weighted by Gasteiger charge is 2.13. The van der Waals surface area contributed by atoms with Crippen LogP contribution in [0.2, 0.25) is 0 Å². The van der Waals surface area contributed by atoms with E-state index in [1.165, 1.54) is 0 Å². The minimum atomic E-state index is -0.0347. The molecule has 1 amide bonds. The number of hydrogen-bond donors (Lipinski definition) is 1. The fourth-order valence-corrected chi connectivity index (χ4v) is 1.79. The van der Waals surface area contributed by atoms with Crippen LogP contribution in [0.3, 0.4) is 0 Å². The quantitative estimate of drug-likeness (QED) is 0.916. The third-order valence-electron chi connectivity index (χ3n) is 3.05. The van der Waals surface area contributed by atoms with Crippen LogP contribution in [-0.2, 0) is 11.2 Å². The van der Waals surface area contributed by atoms with Gasteiger partial charge in [0.15, 0.2) is 0 Å². The fourth-order valence-electron chi connectivity index (χ4n) is 1.79. The van der Waals surface area contributed by atoms with Crippen LogP contribution in [0, 0.1) is 6.92 Å². The van der Waals surface area contributed by atoms with Crippen molar-refractivity contribution in [1.29, 1.82) is 0 Å². The first-order valence-electron chi connectivity index (χ1n) is 6.04. The zero-order valence-corrected chi connectivity index (χ0v) is 11.0. The average molecular weight is 256 g/mol. The third kappa shape index (κ3) is 3.10. The van der Waals surface area contributed by atoms with Crippen LogP contribution in [0.1, 0.15) is 11.3 Å². The number of phenols is 1. The second-order valence-electron chi connectivity index (χ2n) is 4.41. The van der Waals surface area contributed by atoms with Gasteiger partial charge >= 0.3 is 0 Å². The van der Waals surface area contributed by atoms with Crippen LogP contribution in [0.25, 0.3) is 0 Å². The maximum Gasteiger partial charge on any atom is 0.232 e. The summed E-state index contributed by atoms with van der Waals surface area (Å²) in [5.74, 6) is 0.151. The molecule has 4 heteroatoms. The number of benzene rings is 1. The maximum absolute atomic E-state index is 12.2. The molecular weight excluding hydrogens is 240 g/mol. The van der Waals surface area contributed by atoms with Gasteiger partial charge in [-0.15, -0.1) is 0 Å². The first kappa shape index (κ1) is 13.1. The van der Waals surface area contributed by atoms with Crippen molar-refractivity contribution < 1.29 is 9.90 Å². The van der Waals surface area contributed by atoms with Gasteiger partial charge in [0.1, 0.15) is 5.75 Å². The smallest absolute Gasteiger partial charge is 0.232 e. The number of rotatable bonds is 3. The Balaban J connectivity index is 2.12. The highest BCUT2D eigenvalue weighted by Crippen LogP contribution is 2.18. The molecule has 0 aliphatic heterocycles. The zero-order valence-electron chi connectivity index (χ0n) is 11.0. The number of carbonyl (C=O) groups excluding carboxylic acids is 1. The number of pyridine rings is 1. The van der Waals surface area contributed by atoms with Gasteiger partial charge in [0.25, 0.3) is 0 Å². The van der Waals surface area contributed by atoms with Gasteiger partial charge in [0, 0.05) is 18.9 Å². The van der Waals surface area contributed by atoms with Crippen LogP contribution >= 0.6 is 0 Å². The molecule has 0 saturated heterocycles. The van der Waals surface area contributed by atoms with E-state index in [4.69, 9.17) is 0 Å².